The van der Waals surface area contributed by atoms with Crippen molar-refractivity contribution in [3.63, 3.8) is 0 Å². The predicted octanol–water partition coefficient (Wildman–Crippen LogP) is 3.73. The lowest BCUT2D eigenvalue weighted by molar-refractivity contribution is 0.450. The van der Waals surface area contributed by atoms with Gasteiger partial charge >= 0.3 is 0 Å². The standard InChI is InChI=1S/C12H13BrClN3O/c1-7-11(8(2)17(3)16-7)18-12-9(5-14)4-10(13)6-15-12/h4,6H,5H2,1-3H3. The summed E-state index contributed by atoms with van der Waals surface area (Å²) in [6.45, 7) is 3.86. The molecule has 2 aromatic rings. The van der Waals surface area contributed by atoms with Crippen molar-refractivity contribution in [3.05, 3.63) is 33.7 Å². The third-order valence-electron chi connectivity index (χ3n) is 2.68. The molecule has 0 unspecified atom stereocenters. The molecule has 0 bridgehead atoms. The molecule has 0 spiro atoms. The van der Waals surface area contributed by atoms with Crippen LogP contribution in [0.2, 0.25) is 0 Å². The second-order valence-electron chi connectivity index (χ2n) is 3.98. The van der Waals surface area contributed by atoms with E-state index in [-0.39, 0.29) is 0 Å². The smallest absolute Gasteiger partial charge is 0.223 e. The van der Waals surface area contributed by atoms with Crippen molar-refractivity contribution in [2.45, 2.75) is 19.7 Å². The van der Waals surface area contributed by atoms with Crippen molar-refractivity contribution in [2.24, 2.45) is 7.05 Å². The summed E-state index contributed by atoms with van der Waals surface area (Å²) in [4.78, 5) is 4.25. The summed E-state index contributed by atoms with van der Waals surface area (Å²) < 4.78 is 8.50. The fourth-order valence-electron chi connectivity index (χ4n) is 1.65. The highest BCUT2D eigenvalue weighted by Gasteiger charge is 2.14. The van der Waals surface area contributed by atoms with Gasteiger partial charge in [-0.25, -0.2) is 4.98 Å². The molecule has 0 atom stereocenters. The highest BCUT2D eigenvalue weighted by Crippen LogP contribution is 2.30. The first-order valence-electron chi connectivity index (χ1n) is 5.41. The van der Waals surface area contributed by atoms with Gasteiger partial charge in [-0.3, -0.25) is 4.68 Å². The number of aromatic nitrogens is 3. The Hall–Kier alpha value is -1.07. The van der Waals surface area contributed by atoms with E-state index in [1.807, 2.05) is 27.0 Å². The lowest BCUT2D eigenvalue weighted by Crippen LogP contribution is -1.96. The van der Waals surface area contributed by atoms with Crippen LogP contribution in [0.25, 0.3) is 0 Å². The van der Waals surface area contributed by atoms with Gasteiger partial charge in [0.25, 0.3) is 0 Å². The van der Waals surface area contributed by atoms with E-state index in [0.29, 0.717) is 11.8 Å². The molecule has 0 aromatic carbocycles. The molecule has 4 nitrogen and oxygen atoms in total. The van der Waals surface area contributed by atoms with E-state index in [9.17, 15) is 0 Å². The summed E-state index contributed by atoms with van der Waals surface area (Å²) in [5.74, 6) is 1.60. The van der Waals surface area contributed by atoms with E-state index in [1.54, 1.807) is 10.9 Å². The van der Waals surface area contributed by atoms with Crippen molar-refractivity contribution in [1.82, 2.24) is 14.8 Å². The van der Waals surface area contributed by atoms with E-state index in [4.69, 9.17) is 16.3 Å². The van der Waals surface area contributed by atoms with Gasteiger partial charge in [-0.2, -0.15) is 5.10 Å². The minimum absolute atomic E-state index is 0.347. The number of hydrogen-bond acceptors (Lipinski definition) is 3. The maximum atomic E-state index is 5.89. The largest absolute Gasteiger partial charge is 0.435 e. The summed E-state index contributed by atoms with van der Waals surface area (Å²) in [6.07, 6.45) is 1.69. The molecule has 2 heterocycles. The number of ether oxygens (including phenoxy) is 1. The Balaban J connectivity index is 2.39. The fourth-order valence-corrected chi connectivity index (χ4v) is 2.23. The number of hydrogen-bond donors (Lipinski definition) is 0. The third kappa shape index (κ3) is 2.52. The molecular formula is C12H13BrClN3O. The summed E-state index contributed by atoms with van der Waals surface area (Å²) in [7, 11) is 1.88. The van der Waals surface area contributed by atoms with Crippen molar-refractivity contribution >= 4 is 27.5 Å². The lowest BCUT2D eigenvalue weighted by atomic mass is 10.3. The van der Waals surface area contributed by atoms with E-state index < -0.39 is 0 Å². The SMILES string of the molecule is Cc1nn(C)c(C)c1Oc1ncc(Br)cc1CCl. The minimum atomic E-state index is 0.347. The Morgan fingerprint density at radius 3 is 2.72 bits per heavy atom. The number of pyridine rings is 1. The molecule has 2 aromatic heterocycles. The molecule has 18 heavy (non-hydrogen) atoms. The van der Waals surface area contributed by atoms with Crippen molar-refractivity contribution in [3.8, 4) is 11.6 Å². The first kappa shape index (κ1) is 13.4. The average molecular weight is 331 g/mol. The molecule has 0 fully saturated rings. The zero-order valence-corrected chi connectivity index (χ0v) is 12.7. The normalized spacial score (nSPS) is 10.7. The molecule has 0 amide bonds. The first-order chi connectivity index (χ1) is 8.52. The second kappa shape index (κ2) is 5.28. The maximum Gasteiger partial charge on any atom is 0.223 e. The van der Waals surface area contributed by atoms with Gasteiger partial charge in [0.2, 0.25) is 5.88 Å². The summed E-state index contributed by atoms with van der Waals surface area (Å²) in [6, 6.07) is 1.90. The molecule has 2 rings (SSSR count). The number of aryl methyl sites for hydroxylation is 2. The Kier molecular flexibility index (Phi) is 3.92. The highest BCUT2D eigenvalue weighted by molar-refractivity contribution is 9.10. The Morgan fingerprint density at radius 1 is 1.44 bits per heavy atom. The van der Waals surface area contributed by atoms with Crippen LogP contribution in [0.3, 0.4) is 0 Å². The number of halogens is 2. The lowest BCUT2D eigenvalue weighted by Gasteiger charge is -2.08. The molecule has 0 N–H and O–H groups in total. The van der Waals surface area contributed by atoms with E-state index in [1.165, 1.54) is 0 Å². The molecule has 0 saturated carbocycles. The Labute approximate surface area is 119 Å². The molecule has 6 heteroatoms. The van der Waals surface area contributed by atoms with Crippen LogP contribution in [0.5, 0.6) is 11.6 Å². The van der Waals surface area contributed by atoms with Crippen LogP contribution in [0.1, 0.15) is 17.0 Å². The molecule has 0 aliphatic rings. The third-order valence-corrected chi connectivity index (χ3v) is 3.40. The molecule has 0 saturated heterocycles. The van der Waals surface area contributed by atoms with Gasteiger partial charge in [0.1, 0.15) is 5.69 Å². The van der Waals surface area contributed by atoms with Gasteiger partial charge in [-0.15, -0.1) is 11.6 Å². The zero-order valence-electron chi connectivity index (χ0n) is 10.4. The van der Waals surface area contributed by atoms with Crippen LogP contribution < -0.4 is 4.74 Å². The molecule has 96 valence electrons. The molecule has 0 aliphatic carbocycles. The van der Waals surface area contributed by atoms with Crippen LogP contribution in [0, 0.1) is 13.8 Å². The quantitative estimate of drug-likeness (QED) is 0.805. The number of rotatable bonds is 3. The van der Waals surface area contributed by atoms with Gasteiger partial charge in [-0.1, -0.05) is 0 Å². The summed E-state index contributed by atoms with van der Waals surface area (Å²) >= 11 is 9.26. The first-order valence-corrected chi connectivity index (χ1v) is 6.74. The molecule has 0 aliphatic heterocycles. The van der Waals surface area contributed by atoms with Crippen molar-refractivity contribution in [2.75, 3.05) is 0 Å². The van der Waals surface area contributed by atoms with Gasteiger partial charge in [-0.05, 0) is 35.8 Å². The maximum absolute atomic E-state index is 5.89. The van der Waals surface area contributed by atoms with Gasteiger partial charge in [0.05, 0.1) is 11.6 Å². The average Bonchev–Trinajstić information content (AvgIpc) is 2.58. The van der Waals surface area contributed by atoms with Crippen LogP contribution in [-0.4, -0.2) is 14.8 Å². The fraction of sp³-hybridized carbons (Fsp3) is 0.333. The Morgan fingerprint density at radius 2 is 2.17 bits per heavy atom. The van der Waals surface area contributed by atoms with Crippen molar-refractivity contribution in [1.29, 1.82) is 0 Å². The van der Waals surface area contributed by atoms with Crippen LogP contribution in [-0.2, 0) is 12.9 Å². The monoisotopic (exact) mass is 329 g/mol. The van der Waals surface area contributed by atoms with Crippen molar-refractivity contribution < 1.29 is 4.74 Å². The van der Waals surface area contributed by atoms with Gasteiger partial charge < -0.3 is 4.74 Å². The molecular weight excluding hydrogens is 318 g/mol. The van der Waals surface area contributed by atoms with Gasteiger partial charge in [0, 0.05) is 23.3 Å². The van der Waals surface area contributed by atoms with Crippen LogP contribution in [0.15, 0.2) is 16.7 Å². The van der Waals surface area contributed by atoms with E-state index >= 15 is 0 Å². The van der Waals surface area contributed by atoms with E-state index in [2.05, 4.69) is 26.0 Å². The predicted molar refractivity (Wildman–Crippen MR) is 74.3 cm³/mol. The van der Waals surface area contributed by atoms with Gasteiger partial charge in [0.15, 0.2) is 5.75 Å². The topological polar surface area (TPSA) is 39.9 Å². The molecule has 0 radical (unpaired) electrons. The zero-order chi connectivity index (χ0) is 13.3. The van der Waals surface area contributed by atoms with Crippen LogP contribution >= 0.6 is 27.5 Å². The minimum Gasteiger partial charge on any atom is -0.435 e. The summed E-state index contributed by atoms with van der Waals surface area (Å²) in [5, 5.41) is 4.30. The number of alkyl halides is 1. The summed E-state index contributed by atoms with van der Waals surface area (Å²) in [5.41, 5.74) is 2.63. The van der Waals surface area contributed by atoms with Crippen LogP contribution in [0.4, 0.5) is 0 Å². The second-order valence-corrected chi connectivity index (χ2v) is 5.16. The number of nitrogens with zero attached hydrogens (tertiary/aromatic N) is 3. The highest BCUT2D eigenvalue weighted by atomic mass is 79.9. The Bertz CT molecular complexity index is 583. The van der Waals surface area contributed by atoms with E-state index in [0.717, 1.165) is 27.2 Å².